The number of ether oxygens (including phenoxy) is 3. The number of rotatable bonds is 21. The second kappa shape index (κ2) is 23.5. The molecular weight excluding hydrogens is 678 g/mol. The van der Waals surface area contributed by atoms with Gasteiger partial charge >= 0.3 is 18.2 Å². The Hall–Kier alpha value is -4.93. The highest BCUT2D eigenvalue weighted by molar-refractivity contribution is 5.93. The molecule has 1 aromatic carbocycles. The Balaban J connectivity index is 2.84. The maximum absolute atomic E-state index is 13.6. The van der Waals surface area contributed by atoms with Crippen LogP contribution in [0.5, 0.6) is 0 Å². The van der Waals surface area contributed by atoms with Crippen molar-refractivity contribution >= 4 is 41.8 Å². The van der Waals surface area contributed by atoms with E-state index in [4.69, 9.17) is 19.9 Å². The van der Waals surface area contributed by atoms with Crippen LogP contribution in [0.3, 0.4) is 0 Å². The molecule has 292 valence electrons. The molecule has 1 aromatic rings. The van der Waals surface area contributed by atoms with Crippen molar-refractivity contribution < 1.29 is 47.8 Å². The Labute approximate surface area is 305 Å². The summed E-state index contributed by atoms with van der Waals surface area (Å²) in [5.41, 5.74) is 4.53. The molecule has 0 radical (unpaired) electrons. The Morgan fingerprint density at radius 3 is 1.75 bits per heavy atom. The summed E-state index contributed by atoms with van der Waals surface area (Å²) >= 11 is 0. The first-order valence-electron chi connectivity index (χ1n) is 17.4. The van der Waals surface area contributed by atoms with Crippen molar-refractivity contribution in [3.8, 4) is 0 Å². The van der Waals surface area contributed by atoms with Gasteiger partial charge in [-0.05, 0) is 85.6 Å². The molecule has 0 aliphatic heterocycles. The fraction of sp³-hybridized carbons (Fsp3) is 0.629. The van der Waals surface area contributed by atoms with E-state index in [-0.39, 0.29) is 45.6 Å². The Bertz CT molecular complexity index is 1310. The van der Waals surface area contributed by atoms with Crippen LogP contribution in [0.2, 0.25) is 0 Å². The fourth-order valence-electron chi connectivity index (χ4n) is 4.32. The maximum atomic E-state index is 13.6. The van der Waals surface area contributed by atoms with Gasteiger partial charge in [0, 0.05) is 13.1 Å². The summed E-state index contributed by atoms with van der Waals surface area (Å²) in [5, 5.41) is 15.2. The van der Waals surface area contributed by atoms with Crippen molar-refractivity contribution in [2.24, 2.45) is 5.73 Å². The largest absolute Gasteiger partial charge is 0.458 e. The van der Waals surface area contributed by atoms with Gasteiger partial charge in [-0.2, -0.15) is 0 Å². The van der Waals surface area contributed by atoms with E-state index in [2.05, 4.69) is 31.9 Å². The number of amides is 6. The van der Waals surface area contributed by atoms with Crippen LogP contribution in [0, 0.1) is 0 Å². The number of alkyl carbamates (subject to hydrolysis) is 2. The monoisotopic (exact) mass is 735 g/mol. The van der Waals surface area contributed by atoms with Gasteiger partial charge in [-0.3, -0.25) is 19.2 Å². The molecule has 0 saturated heterocycles. The molecule has 0 heterocycles. The lowest BCUT2D eigenvalue weighted by Gasteiger charge is -2.26. The van der Waals surface area contributed by atoms with Gasteiger partial charge in [0.25, 0.3) is 0 Å². The third-order valence-electron chi connectivity index (χ3n) is 6.73. The summed E-state index contributed by atoms with van der Waals surface area (Å²) in [6, 6.07) is 7.03. The number of nitrogens with one attached hydrogen (secondary N) is 6. The highest BCUT2D eigenvalue weighted by Gasteiger charge is 2.30. The molecule has 0 bridgehead atoms. The first-order valence-corrected chi connectivity index (χ1v) is 17.4. The van der Waals surface area contributed by atoms with Crippen LogP contribution in [-0.2, 0) is 44.8 Å². The van der Waals surface area contributed by atoms with Gasteiger partial charge in [-0.15, -0.1) is 0 Å². The molecule has 2 atom stereocenters. The molecule has 52 heavy (non-hydrogen) atoms. The van der Waals surface area contributed by atoms with Crippen LogP contribution in [0.4, 0.5) is 9.59 Å². The summed E-state index contributed by atoms with van der Waals surface area (Å²) in [5.74, 6) is -3.21. The third-order valence-corrected chi connectivity index (χ3v) is 6.73. The molecule has 0 aromatic heterocycles. The third kappa shape index (κ3) is 22.7. The van der Waals surface area contributed by atoms with E-state index in [1.165, 1.54) is 0 Å². The van der Waals surface area contributed by atoms with Crippen LogP contribution < -0.4 is 37.6 Å². The molecule has 8 N–H and O–H groups in total. The Kier molecular flexibility index (Phi) is 20.4. The number of benzene rings is 1. The first kappa shape index (κ1) is 45.1. The predicted octanol–water partition coefficient (Wildman–Crippen LogP) is 1.28. The molecule has 0 aliphatic carbocycles. The summed E-state index contributed by atoms with van der Waals surface area (Å²) in [7, 11) is 0. The second-order valence-corrected chi connectivity index (χ2v) is 13.9. The van der Waals surface area contributed by atoms with Crippen molar-refractivity contribution in [1.82, 2.24) is 31.9 Å². The standard InChI is InChI=1S/C35H57N7O10/c1-34(2,3)51-31(47)26(17-11-13-18-37-32(48)50-23-24-14-8-7-9-15-24)42-30(46)25(16-10-12-19-38-33(49)52-35(4,5)6)41-29(45)22-40-28(44)21-39-27(43)20-36/h7-9,14-15,25-26H,10-13,16-23,36H2,1-6H3,(H,37,48)(H,38,49)(H,39,43)(H,40,44)(H,41,45)(H,42,46)/t25?,26-/m0/s1. The van der Waals surface area contributed by atoms with Crippen molar-refractivity contribution in [2.75, 3.05) is 32.7 Å². The summed E-state index contributed by atoms with van der Waals surface area (Å²) in [4.78, 5) is 86.9. The van der Waals surface area contributed by atoms with Gasteiger partial charge in [0.05, 0.1) is 19.6 Å². The number of hydrogen-bond donors (Lipinski definition) is 7. The second-order valence-electron chi connectivity index (χ2n) is 13.9. The topological polar surface area (TPSA) is 245 Å². The van der Waals surface area contributed by atoms with Crippen LogP contribution in [0.1, 0.15) is 85.6 Å². The zero-order chi connectivity index (χ0) is 39.2. The molecule has 6 amide bonds. The van der Waals surface area contributed by atoms with Gasteiger partial charge < -0.3 is 51.8 Å². The number of hydrogen-bond acceptors (Lipinski definition) is 11. The molecule has 1 unspecified atom stereocenters. The Morgan fingerprint density at radius 2 is 1.17 bits per heavy atom. The molecule has 0 saturated carbocycles. The van der Waals surface area contributed by atoms with E-state index in [0.29, 0.717) is 25.7 Å². The van der Waals surface area contributed by atoms with Gasteiger partial charge in [0.2, 0.25) is 23.6 Å². The van der Waals surface area contributed by atoms with Crippen LogP contribution in [-0.4, -0.2) is 97.8 Å². The minimum atomic E-state index is -1.12. The lowest BCUT2D eigenvalue weighted by atomic mass is 10.1. The van der Waals surface area contributed by atoms with Gasteiger partial charge in [0.1, 0.15) is 29.9 Å². The summed E-state index contributed by atoms with van der Waals surface area (Å²) < 4.78 is 16.0. The zero-order valence-corrected chi connectivity index (χ0v) is 31.2. The molecule has 0 spiro atoms. The van der Waals surface area contributed by atoms with Crippen molar-refractivity contribution in [3.05, 3.63) is 35.9 Å². The maximum Gasteiger partial charge on any atom is 0.407 e. The zero-order valence-electron chi connectivity index (χ0n) is 31.2. The normalized spacial score (nSPS) is 12.3. The van der Waals surface area contributed by atoms with Crippen LogP contribution in [0.15, 0.2) is 30.3 Å². The number of esters is 1. The fourth-order valence-corrected chi connectivity index (χ4v) is 4.32. The molecule has 1 rings (SSSR count). The lowest BCUT2D eigenvalue weighted by molar-refractivity contribution is -0.159. The van der Waals surface area contributed by atoms with E-state index in [1.54, 1.807) is 41.5 Å². The molecule has 0 aliphatic rings. The SMILES string of the molecule is CC(C)(C)OC(=O)NCCCCC(NC(=O)CNC(=O)CNC(=O)CN)C(=O)N[C@@H](CCCCNC(=O)OCc1ccccc1)C(=O)OC(C)(C)C. The van der Waals surface area contributed by atoms with E-state index in [9.17, 15) is 33.6 Å². The highest BCUT2D eigenvalue weighted by Crippen LogP contribution is 2.13. The molecule has 17 nitrogen and oxygen atoms in total. The minimum Gasteiger partial charge on any atom is -0.458 e. The first-order chi connectivity index (χ1) is 24.4. The molecule has 17 heteroatoms. The molecular formula is C35H57N7O10. The lowest BCUT2D eigenvalue weighted by Crippen LogP contribution is -2.54. The van der Waals surface area contributed by atoms with E-state index >= 15 is 0 Å². The van der Waals surface area contributed by atoms with Gasteiger partial charge in [-0.1, -0.05) is 30.3 Å². The summed E-state index contributed by atoms with van der Waals surface area (Å²) in [6.07, 6.45) is 0.831. The predicted molar refractivity (Wildman–Crippen MR) is 191 cm³/mol. The number of unbranched alkanes of at least 4 members (excludes halogenated alkanes) is 2. The van der Waals surface area contributed by atoms with Crippen molar-refractivity contribution in [3.63, 3.8) is 0 Å². The number of nitrogens with two attached hydrogens (primary N) is 1. The van der Waals surface area contributed by atoms with E-state index < -0.39 is 71.6 Å². The van der Waals surface area contributed by atoms with E-state index in [1.807, 2.05) is 30.3 Å². The average Bonchev–Trinajstić information content (AvgIpc) is 3.06. The number of carbonyl (C=O) groups excluding carboxylic acids is 7. The van der Waals surface area contributed by atoms with Crippen molar-refractivity contribution in [1.29, 1.82) is 0 Å². The quantitative estimate of drug-likeness (QED) is 0.0539. The van der Waals surface area contributed by atoms with Crippen LogP contribution in [0.25, 0.3) is 0 Å². The van der Waals surface area contributed by atoms with E-state index in [0.717, 1.165) is 5.56 Å². The average molecular weight is 736 g/mol. The van der Waals surface area contributed by atoms with Gasteiger partial charge in [0.15, 0.2) is 0 Å². The Morgan fingerprint density at radius 1 is 0.635 bits per heavy atom. The minimum absolute atomic E-state index is 0.122. The summed E-state index contributed by atoms with van der Waals surface area (Å²) in [6.45, 7) is 9.75. The van der Waals surface area contributed by atoms with Crippen LogP contribution >= 0.6 is 0 Å². The smallest absolute Gasteiger partial charge is 0.407 e. The highest BCUT2D eigenvalue weighted by atomic mass is 16.6. The van der Waals surface area contributed by atoms with Gasteiger partial charge in [-0.25, -0.2) is 14.4 Å². The molecule has 0 fully saturated rings. The number of carbonyl (C=O) groups is 7. The van der Waals surface area contributed by atoms with Crippen molar-refractivity contribution in [2.45, 2.75) is 110 Å².